The molecule has 0 aromatic carbocycles. The van der Waals surface area contributed by atoms with Gasteiger partial charge in [-0.2, -0.15) is 0 Å². The lowest BCUT2D eigenvalue weighted by Crippen LogP contribution is -2.14. The Kier molecular flexibility index (Phi) is 4.10. The molecular formula is C6H14N. The van der Waals surface area contributed by atoms with Gasteiger partial charge in [0, 0.05) is 6.04 Å². The molecule has 0 aromatic rings. The third-order valence-corrected chi connectivity index (χ3v) is 0.827. The zero-order valence-electron chi connectivity index (χ0n) is 5.15. The van der Waals surface area contributed by atoms with Crippen LogP contribution in [0.4, 0.5) is 0 Å². The van der Waals surface area contributed by atoms with E-state index >= 15 is 0 Å². The van der Waals surface area contributed by atoms with Crippen molar-refractivity contribution >= 4 is 0 Å². The number of rotatable bonds is 3. The van der Waals surface area contributed by atoms with Crippen molar-refractivity contribution in [2.75, 3.05) is 0 Å². The van der Waals surface area contributed by atoms with Crippen LogP contribution in [0.1, 0.15) is 26.7 Å². The van der Waals surface area contributed by atoms with Crippen LogP contribution in [0.2, 0.25) is 0 Å². The number of hydrogen-bond donors (Lipinski definition) is 1. The third kappa shape index (κ3) is 5.96. The molecule has 0 fully saturated rings. The maximum atomic E-state index is 5.42. The van der Waals surface area contributed by atoms with Gasteiger partial charge in [-0.25, -0.2) is 0 Å². The van der Waals surface area contributed by atoms with E-state index in [0.717, 1.165) is 6.42 Å². The van der Waals surface area contributed by atoms with Crippen molar-refractivity contribution < 1.29 is 0 Å². The van der Waals surface area contributed by atoms with Gasteiger partial charge in [0.2, 0.25) is 0 Å². The number of unbranched alkanes of at least 4 members (excludes halogenated alkanes) is 1. The lowest BCUT2D eigenvalue weighted by Gasteiger charge is -1.98. The summed E-state index contributed by atoms with van der Waals surface area (Å²) in [4.78, 5) is 0. The van der Waals surface area contributed by atoms with Gasteiger partial charge in [0.15, 0.2) is 0 Å². The summed E-state index contributed by atoms with van der Waals surface area (Å²) >= 11 is 0. The molecular weight excluding hydrogens is 86.1 g/mol. The Bertz CT molecular complexity index is 33.2. The van der Waals surface area contributed by atoms with E-state index in [1.165, 1.54) is 6.42 Å². The van der Waals surface area contributed by atoms with Gasteiger partial charge in [0.25, 0.3) is 0 Å². The van der Waals surface area contributed by atoms with Crippen LogP contribution in [0, 0.1) is 6.42 Å². The fourth-order valence-corrected chi connectivity index (χ4v) is 0.430. The first-order valence-corrected chi connectivity index (χ1v) is 2.86. The van der Waals surface area contributed by atoms with Gasteiger partial charge in [-0.1, -0.05) is 13.3 Å². The highest BCUT2D eigenvalue weighted by molar-refractivity contribution is 4.73. The number of nitrogens with two attached hydrogens (primary N) is 1. The minimum absolute atomic E-state index is 0.278. The largest absolute Gasteiger partial charge is 0.328 e. The monoisotopic (exact) mass is 100 g/mol. The van der Waals surface area contributed by atoms with Crippen molar-refractivity contribution in [1.29, 1.82) is 0 Å². The Morgan fingerprint density at radius 2 is 2.29 bits per heavy atom. The molecule has 0 aliphatic carbocycles. The number of hydrogen-bond acceptors (Lipinski definition) is 1. The average Bonchev–Trinajstić information content (AvgIpc) is 1.61. The fourth-order valence-electron chi connectivity index (χ4n) is 0.430. The molecule has 1 radical (unpaired) electrons. The van der Waals surface area contributed by atoms with E-state index in [9.17, 15) is 0 Å². The molecule has 0 aliphatic rings. The third-order valence-electron chi connectivity index (χ3n) is 0.827. The summed E-state index contributed by atoms with van der Waals surface area (Å²) in [5, 5.41) is 0. The molecule has 43 valence electrons. The molecule has 0 aliphatic heterocycles. The van der Waals surface area contributed by atoms with Gasteiger partial charge in [-0.3, -0.25) is 0 Å². The highest BCUT2D eigenvalue weighted by Crippen LogP contribution is 1.93. The van der Waals surface area contributed by atoms with Crippen molar-refractivity contribution in [3.63, 3.8) is 0 Å². The SMILES string of the molecule is CCC[CH]C(C)N. The van der Waals surface area contributed by atoms with Crippen molar-refractivity contribution in [2.45, 2.75) is 32.7 Å². The molecule has 0 spiro atoms. The molecule has 0 bridgehead atoms. The topological polar surface area (TPSA) is 26.0 Å². The van der Waals surface area contributed by atoms with Crippen molar-refractivity contribution in [2.24, 2.45) is 5.73 Å². The summed E-state index contributed by atoms with van der Waals surface area (Å²) in [5.41, 5.74) is 5.42. The van der Waals surface area contributed by atoms with E-state index < -0.39 is 0 Å². The van der Waals surface area contributed by atoms with Crippen LogP contribution in [0.3, 0.4) is 0 Å². The molecule has 0 saturated carbocycles. The first-order valence-electron chi connectivity index (χ1n) is 2.86. The van der Waals surface area contributed by atoms with Crippen molar-refractivity contribution in [3.8, 4) is 0 Å². The molecule has 0 rings (SSSR count). The van der Waals surface area contributed by atoms with Gasteiger partial charge in [-0.15, -0.1) is 0 Å². The Morgan fingerprint density at radius 1 is 1.71 bits per heavy atom. The molecule has 1 heteroatoms. The van der Waals surface area contributed by atoms with E-state index in [2.05, 4.69) is 13.3 Å². The maximum Gasteiger partial charge on any atom is 0.00419 e. The second-order valence-electron chi connectivity index (χ2n) is 1.88. The van der Waals surface area contributed by atoms with Crippen molar-refractivity contribution in [3.05, 3.63) is 6.42 Å². The minimum Gasteiger partial charge on any atom is -0.328 e. The Balaban J connectivity index is 2.68. The molecule has 1 atom stereocenters. The highest BCUT2D eigenvalue weighted by atomic mass is 14.6. The second-order valence-corrected chi connectivity index (χ2v) is 1.88. The van der Waals surface area contributed by atoms with E-state index in [1.807, 2.05) is 6.92 Å². The van der Waals surface area contributed by atoms with Crippen LogP contribution in [-0.4, -0.2) is 6.04 Å². The molecule has 0 saturated heterocycles. The van der Waals surface area contributed by atoms with Crippen LogP contribution < -0.4 is 5.73 Å². The molecule has 1 nitrogen and oxygen atoms in total. The predicted octanol–water partition coefficient (Wildman–Crippen LogP) is 1.34. The maximum absolute atomic E-state index is 5.42. The molecule has 2 N–H and O–H groups in total. The van der Waals surface area contributed by atoms with Crippen molar-refractivity contribution in [1.82, 2.24) is 0 Å². The quantitative estimate of drug-likeness (QED) is 0.569. The lowest BCUT2D eigenvalue weighted by molar-refractivity contribution is 0.759. The molecule has 1 unspecified atom stereocenters. The molecule has 0 heterocycles. The van der Waals surface area contributed by atoms with E-state index in [0.29, 0.717) is 0 Å². The summed E-state index contributed by atoms with van der Waals surface area (Å²) in [6.45, 7) is 4.15. The van der Waals surface area contributed by atoms with Crippen LogP contribution in [0.25, 0.3) is 0 Å². The lowest BCUT2D eigenvalue weighted by atomic mass is 10.2. The minimum atomic E-state index is 0.278. The molecule has 0 aromatic heterocycles. The smallest absolute Gasteiger partial charge is 0.00419 e. The standard InChI is InChI=1S/C6H14N/c1-3-4-5-6(2)7/h5-6H,3-4,7H2,1-2H3. The van der Waals surface area contributed by atoms with Crippen LogP contribution in [0.5, 0.6) is 0 Å². The fraction of sp³-hybridized carbons (Fsp3) is 0.833. The van der Waals surface area contributed by atoms with Gasteiger partial charge >= 0.3 is 0 Å². The predicted molar refractivity (Wildman–Crippen MR) is 32.9 cm³/mol. The first-order chi connectivity index (χ1) is 3.27. The van der Waals surface area contributed by atoms with E-state index in [4.69, 9.17) is 5.73 Å². The first kappa shape index (κ1) is 6.96. The molecule has 7 heavy (non-hydrogen) atoms. The van der Waals surface area contributed by atoms with Crippen LogP contribution >= 0.6 is 0 Å². The van der Waals surface area contributed by atoms with Gasteiger partial charge < -0.3 is 5.73 Å². The summed E-state index contributed by atoms with van der Waals surface area (Å²) < 4.78 is 0. The Labute approximate surface area is 45.9 Å². The highest BCUT2D eigenvalue weighted by Gasteiger charge is 1.89. The summed E-state index contributed by atoms with van der Waals surface area (Å²) in [6.07, 6.45) is 4.49. The Hall–Kier alpha value is -0.0400. The van der Waals surface area contributed by atoms with E-state index in [1.54, 1.807) is 0 Å². The van der Waals surface area contributed by atoms with E-state index in [-0.39, 0.29) is 6.04 Å². The van der Waals surface area contributed by atoms with Crippen LogP contribution in [0.15, 0.2) is 0 Å². The second kappa shape index (κ2) is 4.13. The van der Waals surface area contributed by atoms with Gasteiger partial charge in [0.1, 0.15) is 0 Å². The normalized spacial score (nSPS) is 14.1. The van der Waals surface area contributed by atoms with Crippen LogP contribution in [-0.2, 0) is 0 Å². The van der Waals surface area contributed by atoms with Gasteiger partial charge in [-0.05, 0) is 19.8 Å². The summed E-state index contributed by atoms with van der Waals surface area (Å²) in [7, 11) is 0. The van der Waals surface area contributed by atoms with Gasteiger partial charge in [0.05, 0.1) is 0 Å². The Morgan fingerprint density at radius 3 is 2.43 bits per heavy atom. The summed E-state index contributed by atoms with van der Waals surface area (Å²) in [5.74, 6) is 0. The zero-order chi connectivity index (χ0) is 5.70. The summed E-state index contributed by atoms with van der Waals surface area (Å²) in [6, 6.07) is 0.278. The average molecular weight is 100 g/mol. The zero-order valence-corrected chi connectivity index (χ0v) is 5.15. The molecule has 0 amide bonds.